The van der Waals surface area contributed by atoms with Crippen molar-refractivity contribution in [1.29, 1.82) is 0 Å². The van der Waals surface area contributed by atoms with E-state index in [0.29, 0.717) is 17.8 Å². The number of fused-ring (bicyclic) bond motifs is 1. The van der Waals surface area contributed by atoms with Gasteiger partial charge in [-0.25, -0.2) is 0 Å². The van der Waals surface area contributed by atoms with Crippen LogP contribution in [-0.4, -0.2) is 54.2 Å². The van der Waals surface area contributed by atoms with Gasteiger partial charge in [0.15, 0.2) is 0 Å². The lowest BCUT2D eigenvalue weighted by Crippen LogP contribution is -2.51. The van der Waals surface area contributed by atoms with Gasteiger partial charge in [-0.1, -0.05) is 13.0 Å². The molecular formula is C27H45N3O. The van der Waals surface area contributed by atoms with Gasteiger partial charge in [0.25, 0.3) is 0 Å². The number of hydrogen-bond acceptors (Lipinski definition) is 4. The highest BCUT2D eigenvalue weighted by molar-refractivity contribution is 5.30. The van der Waals surface area contributed by atoms with E-state index in [1.165, 1.54) is 77.7 Å². The molecule has 4 fully saturated rings. The van der Waals surface area contributed by atoms with Crippen LogP contribution in [0.2, 0.25) is 0 Å². The molecule has 0 aromatic rings. The van der Waals surface area contributed by atoms with Gasteiger partial charge in [0, 0.05) is 44.7 Å². The molecule has 4 heteroatoms. The van der Waals surface area contributed by atoms with Gasteiger partial charge in [0.2, 0.25) is 0 Å². The Kier molecular flexibility index (Phi) is 6.15. The predicted octanol–water partition coefficient (Wildman–Crippen LogP) is 4.77. The van der Waals surface area contributed by atoms with Gasteiger partial charge < -0.3 is 15.4 Å². The van der Waals surface area contributed by atoms with Crippen molar-refractivity contribution in [2.45, 2.75) is 83.8 Å². The molecule has 0 aromatic heterocycles. The van der Waals surface area contributed by atoms with Crippen LogP contribution >= 0.6 is 0 Å². The first kappa shape index (κ1) is 21.8. The molecule has 3 aliphatic carbocycles. The van der Waals surface area contributed by atoms with Crippen molar-refractivity contribution >= 4 is 0 Å². The van der Waals surface area contributed by atoms with E-state index in [9.17, 15) is 0 Å². The second kappa shape index (κ2) is 8.74. The van der Waals surface area contributed by atoms with Crippen LogP contribution < -0.4 is 5.73 Å². The van der Waals surface area contributed by atoms with Gasteiger partial charge in [-0.15, -0.1) is 0 Å². The molecule has 0 spiro atoms. The Morgan fingerprint density at radius 1 is 1.03 bits per heavy atom. The summed E-state index contributed by atoms with van der Waals surface area (Å²) in [5, 5.41) is 0. The third kappa shape index (κ3) is 5.00. The first-order valence-electron chi connectivity index (χ1n) is 13.2. The molecule has 3 atom stereocenters. The molecular weight excluding hydrogens is 382 g/mol. The van der Waals surface area contributed by atoms with Gasteiger partial charge in [-0.05, 0) is 95.0 Å². The molecule has 174 valence electrons. The molecule has 4 nitrogen and oxygen atoms in total. The highest BCUT2D eigenvalue weighted by Gasteiger charge is 2.44. The minimum atomic E-state index is -0.0741. The summed E-state index contributed by atoms with van der Waals surface area (Å²) in [6.07, 6.45) is 15.6. The Balaban J connectivity index is 1.08. The summed E-state index contributed by atoms with van der Waals surface area (Å²) in [5.41, 5.74) is 7.05. The fourth-order valence-electron chi connectivity index (χ4n) is 7.04. The van der Waals surface area contributed by atoms with Crippen LogP contribution in [0, 0.1) is 29.6 Å². The maximum atomic E-state index is 6.27. The van der Waals surface area contributed by atoms with Crippen molar-refractivity contribution in [1.82, 2.24) is 9.80 Å². The first-order chi connectivity index (χ1) is 14.9. The van der Waals surface area contributed by atoms with E-state index in [0.717, 1.165) is 35.8 Å². The topological polar surface area (TPSA) is 41.7 Å². The van der Waals surface area contributed by atoms with Crippen LogP contribution in [0.1, 0.15) is 72.1 Å². The summed E-state index contributed by atoms with van der Waals surface area (Å²) < 4.78 is 6.24. The lowest BCUT2D eigenvalue weighted by molar-refractivity contribution is 0.0649. The molecule has 2 saturated carbocycles. The average Bonchev–Trinajstić information content (AvgIpc) is 3.49. The highest BCUT2D eigenvalue weighted by atomic mass is 16.5. The van der Waals surface area contributed by atoms with Crippen molar-refractivity contribution in [2.75, 3.05) is 32.7 Å². The predicted molar refractivity (Wildman–Crippen MR) is 127 cm³/mol. The number of allylic oxidation sites excluding steroid dienone is 3. The van der Waals surface area contributed by atoms with Gasteiger partial charge in [0.1, 0.15) is 11.4 Å². The Hall–Kier alpha value is -1.00. The number of nitrogens with zero attached hydrogens (tertiary/aromatic N) is 2. The zero-order chi connectivity index (χ0) is 21.6. The van der Waals surface area contributed by atoms with Crippen LogP contribution in [0.25, 0.3) is 0 Å². The second-order valence-corrected chi connectivity index (χ2v) is 12.1. The Morgan fingerprint density at radius 2 is 1.71 bits per heavy atom. The smallest absolute Gasteiger partial charge is 0.123 e. The lowest BCUT2D eigenvalue weighted by Gasteiger charge is -2.42. The SMILES string of the molecule is CC(CC1CCC(N2CCN(CC3CC3)CC2)CC1)C1C=CC(N)=C2OC(C)(C)CC21. The van der Waals surface area contributed by atoms with Gasteiger partial charge in [-0.2, -0.15) is 0 Å². The fourth-order valence-corrected chi connectivity index (χ4v) is 7.04. The summed E-state index contributed by atoms with van der Waals surface area (Å²) in [7, 11) is 0. The van der Waals surface area contributed by atoms with E-state index in [4.69, 9.17) is 10.5 Å². The molecule has 5 aliphatic rings. The van der Waals surface area contributed by atoms with Crippen molar-refractivity contribution in [3.8, 4) is 0 Å². The van der Waals surface area contributed by atoms with Crippen molar-refractivity contribution in [2.24, 2.45) is 35.3 Å². The molecule has 0 radical (unpaired) electrons. The van der Waals surface area contributed by atoms with Crippen LogP contribution in [0.5, 0.6) is 0 Å². The van der Waals surface area contributed by atoms with E-state index >= 15 is 0 Å². The van der Waals surface area contributed by atoms with E-state index in [1.54, 1.807) is 0 Å². The average molecular weight is 428 g/mol. The molecule has 5 rings (SSSR count). The minimum Gasteiger partial charge on any atom is -0.490 e. The molecule has 0 aromatic carbocycles. The van der Waals surface area contributed by atoms with Crippen molar-refractivity contribution in [3.63, 3.8) is 0 Å². The molecule has 2 heterocycles. The van der Waals surface area contributed by atoms with Crippen LogP contribution in [0.3, 0.4) is 0 Å². The largest absolute Gasteiger partial charge is 0.490 e. The third-order valence-corrected chi connectivity index (χ3v) is 9.00. The standard InChI is InChI=1S/C27H45N3O/c1-19(23-10-11-25(28)26-24(23)17-27(2,3)31-26)16-20-6-8-22(9-7-20)30-14-12-29(13-15-30)18-21-4-5-21/h10-11,19-24H,4-9,12-18,28H2,1-3H3. The Bertz CT molecular complexity index is 693. The third-order valence-electron chi connectivity index (χ3n) is 9.00. The number of ether oxygens (including phenoxy) is 1. The van der Waals surface area contributed by atoms with E-state index in [1.807, 2.05) is 0 Å². The number of nitrogens with two attached hydrogens (primary N) is 1. The van der Waals surface area contributed by atoms with Gasteiger partial charge >= 0.3 is 0 Å². The zero-order valence-electron chi connectivity index (χ0n) is 20.2. The monoisotopic (exact) mass is 427 g/mol. The molecule has 3 unspecified atom stereocenters. The van der Waals surface area contributed by atoms with Crippen molar-refractivity contribution in [3.05, 3.63) is 23.6 Å². The zero-order valence-corrected chi connectivity index (χ0v) is 20.2. The quantitative estimate of drug-likeness (QED) is 0.663. The molecule has 31 heavy (non-hydrogen) atoms. The summed E-state index contributed by atoms with van der Waals surface area (Å²) in [6, 6.07) is 0.850. The Labute approximate surface area is 190 Å². The maximum Gasteiger partial charge on any atom is 0.123 e. The summed E-state index contributed by atoms with van der Waals surface area (Å²) in [4.78, 5) is 5.55. The summed E-state index contributed by atoms with van der Waals surface area (Å²) in [6.45, 7) is 13.5. The van der Waals surface area contributed by atoms with Gasteiger partial charge in [-0.3, -0.25) is 4.90 Å². The van der Waals surface area contributed by atoms with Crippen LogP contribution in [0.15, 0.2) is 23.6 Å². The molecule has 2 saturated heterocycles. The van der Waals surface area contributed by atoms with Gasteiger partial charge in [0.05, 0.1) is 5.70 Å². The normalized spacial score (nSPS) is 37.5. The second-order valence-electron chi connectivity index (χ2n) is 12.1. The number of hydrogen-bond donors (Lipinski definition) is 1. The van der Waals surface area contributed by atoms with E-state index in [-0.39, 0.29) is 5.60 Å². The molecule has 2 aliphatic heterocycles. The maximum absolute atomic E-state index is 6.27. The van der Waals surface area contributed by atoms with Crippen molar-refractivity contribution < 1.29 is 4.74 Å². The lowest BCUT2D eigenvalue weighted by atomic mass is 9.71. The fraction of sp³-hybridized carbons (Fsp3) is 0.852. The molecule has 0 bridgehead atoms. The number of rotatable bonds is 6. The molecule has 2 N–H and O–H groups in total. The minimum absolute atomic E-state index is 0.0741. The Morgan fingerprint density at radius 3 is 2.39 bits per heavy atom. The van der Waals surface area contributed by atoms with E-state index < -0.39 is 0 Å². The van der Waals surface area contributed by atoms with Crippen LogP contribution in [-0.2, 0) is 4.74 Å². The summed E-state index contributed by atoms with van der Waals surface area (Å²) in [5.74, 6) is 4.79. The molecule has 0 amide bonds. The highest BCUT2D eigenvalue weighted by Crippen LogP contribution is 2.48. The first-order valence-corrected chi connectivity index (χ1v) is 13.2. The van der Waals surface area contributed by atoms with E-state index in [2.05, 4.69) is 42.7 Å². The van der Waals surface area contributed by atoms with Crippen LogP contribution in [0.4, 0.5) is 0 Å². The number of piperazine rings is 1. The summed E-state index contributed by atoms with van der Waals surface area (Å²) >= 11 is 0.